The third kappa shape index (κ3) is 1.52. The summed E-state index contributed by atoms with van der Waals surface area (Å²) in [4.78, 5) is 0. The SMILES string of the molecule is C[Si]N1[Si](C)N(C(C)C)[Si]1C. The molecule has 0 atom stereocenters. The Labute approximate surface area is 76.0 Å². The Hall–Kier alpha value is 0.571. The Bertz CT molecular complexity index is 132. The molecule has 62 valence electrons. The van der Waals surface area contributed by atoms with E-state index in [2.05, 4.69) is 41.6 Å². The van der Waals surface area contributed by atoms with Crippen LogP contribution in [0.4, 0.5) is 0 Å². The highest BCUT2D eigenvalue weighted by Crippen LogP contribution is 2.21. The molecule has 0 spiro atoms. The number of rotatable bonds is 2. The molecular formula is C6H16N2Si3. The van der Waals surface area contributed by atoms with Crippen molar-refractivity contribution in [3.05, 3.63) is 0 Å². The number of nitrogens with zero attached hydrogens (tertiary/aromatic N) is 2. The van der Waals surface area contributed by atoms with Crippen molar-refractivity contribution in [2.45, 2.75) is 39.5 Å². The predicted octanol–water partition coefficient (Wildman–Crippen LogP) is 0.916. The zero-order valence-electron chi connectivity index (χ0n) is 7.97. The summed E-state index contributed by atoms with van der Waals surface area (Å²) in [5.74, 6) is 0. The van der Waals surface area contributed by atoms with E-state index in [1.54, 1.807) is 0 Å². The van der Waals surface area contributed by atoms with Crippen LogP contribution in [0.15, 0.2) is 0 Å². The Morgan fingerprint density at radius 2 is 1.64 bits per heavy atom. The van der Waals surface area contributed by atoms with E-state index in [-0.39, 0.29) is 18.2 Å². The summed E-state index contributed by atoms with van der Waals surface area (Å²) >= 11 is 0. The van der Waals surface area contributed by atoms with Gasteiger partial charge in [0, 0.05) is 0 Å². The first-order valence-electron chi connectivity index (χ1n) is 4.03. The van der Waals surface area contributed by atoms with Gasteiger partial charge in [0.05, 0.1) is 0 Å². The van der Waals surface area contributed by atoms with Crippen molar-refractivity contribution in [1.29, 1.82) is 0 Å². The van der Waals surface area contributed by atoms with Gasteiger partial charge in [-0.25, -0.2) is 0 Å². The summed E-state index contributed by atoms with van der Waals surface area (Å²) in [7, 11) is 0.550. The molecule has 5 heteroatoms. The van der Waals surface area contributed by atoms with Gasteiger partial charge in [-0.3, -0.25) is 0 Å². The molecule has 1 rings (SSSR count). The lowest BCUT2D eigenvalue weighted by atomic mass is 10.4. The summed E-state index contributed by atoms with van der Waals surface area (Å²) in [6.45, 7) is 11.8. The fourth-order valence-electron chi connectivity index (χ4n) is 1.71. The fraction of sp³-hybridized carbons (Fsp3) is 1.00. The van der Waals surface area contributed by atoms with Crippen LogP contribution in [-0.2, 0) is 0 Å². The number of hydrogen-bond acceptors (Lipinski definition) is 2. The normalized spacial score (nSPS) is 24.5. The quantitative estimate of drug-likeness (QED) is 0.612. The van der Waals surface area contributed by atoms with E-state index >= 15 is 0 Å². The highest BCUT2D eigenvalue weighted by atomic mass is 28.5. The Morgan fingerprint density at radius 3 is 1.91 bits per heavy atom. The van der Waals surface area contributed by atoms with Crippen molar-refractivity contribution in [1.82, 2.24) is 8.13 Å². The van der Waals surface area contributed by atoms with Gasteiger partial charge in [0.25, 0.3) is 0 Å². The van der Waals surface area contributed by atoms with Crippen LogP contribution in [0.3, 0.4) is 0 Å². The van der Waals surface area contributed by atoms with Gasteiger partial charge in [0.2, 0.25) is 18.2 Å². The van der Waals surface area contributed by atoms with Crippen LogP contribution < -0.4 is 0 Å². The average Bonchev–Trinajstić information content (AvgIpc) is 1.87. The third-order valence-electron chi connectivity index (χ3n) is 2.08. The van der Waals surface area contributed by atoms with E-state index in [4.69, 9.17) is 0 Å². The first-order valence-corrected chi connectivity index (χ1v) is 9.27. The van der Waals surface area contributed by atoms with Gasteiger partial charge in [-0.2, -0.15) is 0 Å². The topological polar surface area (TPSA) is 6.48 Å². The second-order valence-electron chi connectivity index (χ2n) is 3.12. The first-order chi connectivity index (χ1) is 5.09. The Morgan fingerprint density at radius 1 is 1.18 bits per heavy atom. The van der Waals surface area contributed by atoms with Gasteiger partial charge < -0.3 is 8.13 Å². The molecule has 4 radical (unpaired) electrons. The molecule has 0 aromatic heterocycles. The maximum atomic E-state index is 2.74. The molecule has 1 aliphatic heterocycles. The van der Waals surface area contributed by atoms with Crippen LogP contribution in [0.2, 0.25) is 19.6 Å². The predicted molar refractivity (Wildman–Crippen MR) is 53.7 cm³/mol. The van der Waals surface area contributed by atoms with Gasteiger partial charge in [-0.05, 0) is 19.1 Å². The summed E-state index contributed by atoms with van der Waals surface area (Å²) < 4.78 is 5.47. The second-order valence-corrected chi connectivity index (χ2v) is 9.85. The van der Waals surface area contributed by atoms with Crippen LogP contribution in [0, 0.1) is 0 Å². The largest absolute Gasteiger partial charge is 0.347 e. The maximum Gasteiger partial charge on any atom is 0.206 e. The van der Waals surface area contributed by atoms with E-state index in [0.717, 1.165) is 15.7 Å². The third-order valence-corrected chi connectivity index (χ3v) is 13.4. The van der Waals surface area contributed by atoms with Crippen LogP contribution >= 0.6 is 0 Å². The summed E-state index contributed by atoms with van der Waals surface area (Å²) in [6, 6.07) is 0.778. The van der Waals surface area contributed by atoms with Crippen LogP contribution in [-0.4, -0.2) is 42.1 Å². The minimum Gasteiger partial charge on any atom is -0.347 e. The maximum absolute atomic E-state index is 2.74. The smallest absolute Gasteiger partial charge is 0.206 e. The highest BCUT2D eigenvalue weighted by molar-refractivity contribution is 6.91. The van der Waals surface area contributed by atoms with Gasteiger partial charge in [-0.1, -0.05) is 20.4 Å². The lowest BCUT2D eigenvalue weighted by Crippen LogP contribution is -2.77. The van der Waals surface area contributed by atoms with E-state index < -0.39 is 0 Å². The average molecular weight is 200 g/mol. The molecule has 0 bridgehead atoms. The zero-order valence-corrected chi connectivity index (χ0v) is 11.0. The number of hydrogen-bond donors (Lipinski definition) is 0. The summed E-state index contributed by atoms with van der Waals surface area (Å²) in [5.41, 5.74) is 0. The van der Waals surface area contributed by atoms with Crippen molar-refractivity contribution in [3.63, 3.8) is 0 Å². The van der Waals surface area contributed by atoms with Crippen LogP contribution in [0.25, 0.3) is 0 Å². The van der Waals surface area contributed by atoms with Crippen molar-refractivity contribution in [2.24, 2.45) is 0 Å². The minimum absolute atomic E-state index is 0.245. The molecule has 1 aliphatic rings. The van der Waals surface area contributed by atoms with Crippen molar-refractivity contribution in [2.75, 3.05) is 0 Å². The molecule has 0 unspecified atom stereocenters. The lowest BCUT2D eigenvalue weighted by Gasteiger charge is -2.54. The molecular weight excluding hydrogens is 184 g/mol. The van der Waals surface area contributed by atoms with E-state index in [9.17, 15) is 0 Å². The molecule has 0 aromatic rings. The standard InChI is InChI=1S/C6H16N2Si3/c1-6(2)7-10(4)8(9-3)11(7)5/h6H,1-5H3. The van der Waals surface area contributed by atoms with Crippen LogP contribution in [0.1, 0.15) is 13.8 Å². The highest BCUT2D eigenvalue weighted by Gasteiger charge is 2.44. The lowest BCUT2D eigenvalue weighted by molar-refractivity contribution is 0.448. The molecule has 0 amide bonds. The molecule has 11 heavy (non-hydrogen) atoms. The second kappa shape index (κ2) is 3.53. The van der Waals surface area contributed by atoms with Gasteiger partial charge in [-0.15, -0.1) is 0 Å². The molecule has 0 saturated carbocycles. The van der Waals surface area contributed by atoms with E-state index in [1.807, 2.05) is 0 Å². The first kappa shape index (κ1) is 9.66. The molecule has 0 aliphatic carbocycles. The Balaban J connectivity index is 2.49. The van der Waals surface area contributed by atoms with Crippen molar-refractivity contribution in [3.8, 4) is 0 Å². The Kier molecular flexibility index (Phi) is 3.10. The molecule has 2 nitrogen and oxygen atoms in total. The van der Waals surface area contributed by atoms with Crippen molar-refractivity contribution >= 4 is 27.9 Å². The van der Waals surface area contributed by atoms with Gasteiger partial charge in [0.15, 0.2) is 0 Å². The monoisotopic (exact) mass is 200 g/mol. The van der Waals surface area contributed by atoms with E-state index in [1.165, 1.54) is 0 Å². The van der Waals surface area contributed by atoms with Gasteiger partial charge >= 0.3 is 0 Å². The summed E-state index contributed by atoms with van der Waals surface area (Å²) in [5, 5.41) is 0. The fourth-order valence-corrected chi connectivity index (χ4v) is 11.8. The minimum atomic E-state index is -0.245. The van der Waals surface area contributed by atoms with Gasteiger partial charge in [0.1, 0.15) is 9.68 Å². The molecule has 1 heterocycles. The molecule has 1 saturated heterocycles. The summed E-state index contributed by atoms with van der Waals surface area (Å²) in [6.07, 6.45) is 0. The van der Waals surface area contributed by atoms with Crippen LogP contribution in [0.5, 0.6) is 0 Å². The van der Waals surface area contributed by atoms with Crippen molar-refractivity contribution < 1.29 is 0 Å². The van der Waals surface area contributed by atoms with E-state index in [0.29, 0.717) is 0 Å². The molecule has 0 aromatic carbocycles. The molecule has 1 fully saturated rings. The zero-order chi connectivity index (χ0) is 8.59. The molecule has 0 N–H and O–H groups in total.